The topological polar surface area (TPSA) is 58.6 Å². The second kappa shape index (κ2) is 8.94. The maximum absolute atomic E-state index is 13.7. The summed E-state index contributed by atoms with van der Waals surface area (Å²) in [6.45, 7) is 10.3. The Morgan fingerprint density at radius 3 is 2.27 bits per heavy atom. The summed E-state index contributed by atoms with van der Waals surface area (Å²) in [4.78, 5) is 28.7. The maximum Gasteiger partial charge on any atom is 0.282 e. The van der Waals surface area contributed by atoms with Crippen LogP contribution in [0.4, 0.5) is 11.4 Å². The minimum Gasteiger partial charge on any atom is -0.492 e. The summed E-state index contributed by atoms with van der Waals surface area (Å²) in [6.07, 6.45) is 0. The van der Waals surface area contributed by atoms with Crippen LogP contribution in [0, 0.1) is 27.7 Å². The highest BCUT2D eigenvalue weighted by atomic mass is 16.5. The first-order chi connectivity index (χ1) is 15.8. The summed E-state index contributed by atoms with van der Waals surface area (Å²) in [5.41, 5.74) is 6.70. The lowest BCUT2D eigenvalue weighted by Crippen LogP contribution is -2.32. The van der Waals surface area contributed by atoms with Crippen molar-refractivity contribution in [3.63, 3.8) is 0 Å². The van der Waals surface area contributed by atoms with Crippen molar-refractivity contribution in [2.75, 3.05) is 16.8 Å². The smallest absolute Gasteiger partial charge is 0.282 e. The molecule has 4 rings (SSSR count). The number of para-hydroxylation sites is 2. The van der Waals surface area contributed by atoms with Crippen molar-refractivity contribution in [3.05, 3.63) is 94.2 Å². The highest BCUT2D eigenvalue weighted by molar-refractivity contribution is 6.46. The van der Waals surface area contributed by atoms with Gasteiger partial charge in [0.2, 0.25) is 0 Å². The molecule has 168 valence electrons. The van der Waals surface area contributed by atoms with Gasteiger partial charge in [-0.3, -0.25) is 9.59 Å². The van der Waals surface area contributed by atoms with E-state index in [2.05, 4.69) is 5.32 Å². The van der Waals surface area contributed by atoms with Crippen LogP contribution in [0.5, 0.6) is 5.75 Å². The Bertz CT molecular complexity index is 1290. The number of carbonyl (C=O) groups excluding carboxylic acids is 2. The maximum atomic E-state index is 13.7. The summed E-state index contributed by atoms with van der Waals surface area (Å²) in [7, 11) is 0. The number of ether oxygens (including phenoxy) is 1. The van der Waals surface area contributed by atoms with Gasteiger partial charge in [-0.05, 0) is 81.1 Å². The average Bonchev–Trinajstić information content (AvgIpc) is 3.01. The quantitative estimate of drug-likeness (QED) is 0.499. The van der Waals surface area contributed by atoms with Gasteiger partial charge in [0.05, 0.1) is 23.6 Å². The predicted octanol–water partition coefficient (Wildman–Crippen LogP) is 5.72. The number of aryl methyl sites for hydroxylation is 4. The van der Waals surface area contributed by atoms with Gasteiger partial charge in [-0.15, -0.1) is 0 Å². The van der Waals surface area contributed by atoms with E-state index in [4.69, 9.17) is 4.74 Å². The number of rotatable bonds is 6. The Morgan fingerprint density at radius 1 is 0.818 bits per heavy atom. The molecule has 0 unspecified atom stereocenters. The molecule has 3 aromatic carbocycles. The van der Waals surface area contributed by atoms with E-state index in [1.54, 1.807) is 0 Å². The zero-order chi connectivity index (χ0) is 23.7. The van der Waals surface area contributed by atoms with Crippen LogP contribution in [0.25, 0.3) is 5.57 Å². The zero-order valence-corrected chi connectivity index (χ0v) is 19.7. The van der Waals surface area contributed by atoms with E-state index >= 15 is 0 Å². The van der Waals surface area contributed by atoms with Gasteiger partial charge in [-0.25, -0.2) is 4.90 Å². The molecule has 0 radical (unpaired) electrons. The second-order valence-electron chi connectivity index (χ2n) is 8.34. The molecular weight excluding hydrogens is 412 g/mol. The molecule has 3 aromatic rings. The normalized spacial score (nSPS) is 13.7. The van der Waals surface area contributed by atoms with E-state index in [9.17, 15) is 9.59 Å². The number of nitrogens with one attached hydrogen (secondary N) is 1. The Kier molecular flexibility index (Phi) is 6.05. The van der Waals surface area contributed by atoms with E-state index in [-0.39, 0.29) is 17.5 Å². The van der Waals surface area contributed by atoms with Gasteiger partial charge in [0.15, 0.2) is 0 Å². The lowest BCUT2D eigenvalue weighted by Gasteiger charge is -2.17. The molecule has 1 aliphatic heterocycles. The van der Waals surface area contributed by atoms with Crippen LogP contribution in [-0.4, -0.2) is 18.4 Å². The van der Waals surface area contributed by atoms with Crippen molar-refractivity contribution in [2.24, 2.45) is 0 Å². The number of benzene rings is 3. The lowest BCUT2D eigenvalue weighted by atomic mass is 9.97. The van der Waals surface area contributed by atoms with Crippen molar-refractivity contribution in [1.29, 1.82) is 0 Å². The summed E-state index contributed by atoms with van der Waals surface area (Å²) in [6, 6.07) is 18.9. The van der Waals surface area contributed by atoms with Crippen LogP contribution in [0.15, 0.2) is 66.4 Å². The molecule has 0 bridgehead atoms. The van der Waals surface area contributed by atoms with Crippen LogP contribution in [0.3, 0.4) is 0 Å². The first kappa shape index (κ1) is 22.3. The SMILES string of the molecule is CCOc1ccccc1NC1=C(c2ccc(C)cc2C)C(=O)N(c2ccc(C)c(C)c2)C1=O. The average molecular weight is 441 g/mol. The lowest BCUT2D eigenvalue weighted by molar-refractivity contribution is -0.120. The van der Waals surface area contributed by atoms with Crippen molar-refractivity contribution >= 4 is 28.8 Å². The van der Waals surface area contributed by atoms with E-state index in [0.717, 1.165) is 27.8 Å². The molecule has 0 aliphatic carbocycles. The van der Waals surface area contributed by atoms with Crippen molar-refractivity contribution in [1.82, 2.24) is 0 Å². The Hall–Kier alpha value is -3.86. The predicted molar refractivity (Wildman–Crippen MR) is 132 cm³/mol. The standard InChI is InChI=1S/C28H28N2O3/c1-6-33-24-10-8-7-9-23(24)29-26-25(22-14-11-17(2)15-20(22)5)27(31)30(28(26)32)21-13-12-18(3)19(4)16-21/h7-16,29H,6H2,1-5H3. The van der Waals surface area contributed by atoms with E-state index in [1.807, 2.05) is 95.3 Å². The molecule has 1 N–H and O–H groups in total. The summed E-state index contributed by atoms with van der Waals surface area (Å²) in [5, 5.41) is 3.23. The molecule has 1 aliphatic rings. The number of amides is 2. The largest absolute Gasteiger partial charge is 0.492 e. The Labute approximate surface area is 194 Å². The van der Waals surface area contributed by atoms with Gasteiger partial charge in [0.1, 0.15) is 11.4 Å². The summed E-state index contributed by atoms with van der Waals surface area (Å²) < 4.78 is 5.74. The van der Waals surface area contributed by atoms with Crippen LogP contribution < -0.4 is 15.0 Å². The van der Waals surface area contributed by atoms with Crippen molar-refractivity contribution in [3.8, 4) is 5.75 Å². The minimum atomic E-state index is -0.385. The number of anilines is 2. The van der Waals surface area contributed by atoms with Crippen LogP contribution >= 0.6 is 0 Å². The van der Waals surface area contributed by atoms with Gasteiger partial charge >= 0.3 is 0 Å². The summed E-state index contributed by atoms with van der Waals surface area (Å²) in [5.74, 6) is -0.103. The molecule has 0 aromatic heterocycles. The van der Waals surface area contributed by atoms with Crippen molar-refractivity contribution in [2.45, 2.75) is 34.6 Å². The summed E-state index contributed by atoms with van der Waals surface area (Å²) >= 11 is 0. The third kappa shape index (κ3) is 4.14. The fourth-order valence-electron chi connectivity index (χ4n) is 4.07. The highest BCUT2D eigenvalue weighted by Gasteiger charge is 2.41. The number of carbonyl (C=O) groups is 2. The molecular formula is C28H28N2O3. The number of imide groups is 1. The molecule has 0 saturated carbocycles. The monoisotopic (exact) mass is 440 g/mol. The van der Waals surface area contributed by atoms with E-state index in [0.29, 0.717) is 29.3 Å². The van der Waals surface area contributed by atoms with Crippen LogP contribution in [0.2, 0.25) is 0 Å². The van der Waals surface area contributed by atoms with Gasteiger partial charge in [0.25, 0.3) is 11.8 Å². The first-order valence-electron chi connectivity index (χ1n) is 11.1. The molecule has 5 nitrogen and oxygen atoms in total. The van der Waals surface area contributed by atoms with Gasteiger partial charge in [-0.1, -0.05) is 42.0 Å². The van der Waals surface area contributed by atoms with Crippen molar-refractivity contribution < 1.29 is 14.3 Å². The fraction of sp³-hybridized carbons (Fsp3) is 0.214. The molecule has 0 spiro atoms. The van der Waals surface area contributed by atoms with Crippen LogP contribution in [-0.2, 0) is 9.59 Å². The third-order valence-corrected chi connectivity index (χ3v) is 5.93. The molecule has 0 fully saturated rings. The first-order valence-corrected chi connectivity index (χ1v) is 11.1. The molecule has 1 heterocycles. The van der Waals surface area contributed by atoms with E-state index < -0.39 is 0 Å². The number of nitrogens with zero attached hydrogens (tertiary/aromatic N) is 1. The Morgan fingerprint density at radius 2 is 1.58 bits per heavy atom. The number of hydrogen-bond acceptors (Lipinski definition) is 4. The van der Waals surface area contributed by atoms with E-state index in [1.165, 1.54) is 4.90 Å². The molecule has 33 heavy (non-hydrogen) atoms. The molecule has 0 atom stereocenters. The molecule has 2 amide bonds. The van der Waals surface area contributed by atoms with Gasteiger partial charge in [-0.2, -0.15) is 0 Å². The molecule has 5 heteroatoms. The number of hydrogen-bond donors (Lipinski definition) is 1. The molecule has 0 saturated heterocycles. The highest BCUT2D eigenvalue weighted by Crippen LogP contribution is 2.37. The fourth-order valence-corrected chi connectivity index (χ4v) is 4.07. The third-order valence-electron chi connectivity index (χ3n) is 5.93. The minimum absolute atomic E-state index is 0.248. The van der Waals surface area contributed by atoms with Gasteiger partial charge < -0.3 is 10.1 Å². The Balaban J connectivity index is 1.87. The van der Waals surface area contributed by atoms with Crippen LogP contribution in [0.1, 0.15) is 34.7 Å². The zero-order valence-electron chi connectivity index (χ0n) is 19.7. The second-order valence-corrected chi connectivity index (χ2v) is 8.34. The van der Waals surface area contributed by atoms with Gasteiger partial charge in [0, 0.05) is 0 Å².